The zero-order chi connectivity index (χ0) is 6.24. The summed E-state index contributed by atoms with van der Waals surface area (Å²) in [5.41, 5.74) is 10.9. The average Bonchev–Trinajstić information content (AvgIpc) is 1.81. The molecule has 0 bridgehead atoms. The highest BCUT2D eigenvalue weighted by Crippen LogP contribution is 1.50. The summed E-state index contributed by atoms with van der Waals surface area (Å²) in [6.45, 7) is 0. The summed E-state index contributed by atoms with van der Waals surface area (Å²) in [4.78, 5) is 0. The molecule has 0 amide bonds. The van der Waals surface area contributed by atoms with Crippen molar-refractivity contribution in [1.29, 1.82) is 0 Å². The molecule has 0 unspecified atom stereocenters. The van der Waals surface area contributed by atoms with Gasteiger partial charge in [-0.15, -0.1) is 35.0 Å². The minimum atomic E-state index is -0.493. The third-order valence-corrected chi connectivity index (χ3v) is 2.27. The van der Waals surface area contributed by atoms with Crippen molar-refractivity contribution in [1.82, 2.24) is 0 Å². The molecular formula is C6H6Si2. The van der Waals surface area contributed by atoms with Gasteiger partial charge in [-0.3, -0.25) is 0 Å². The Morgan fingerprint density at radius 3 is 1.50 bits per heavy atom. The van der Waals surface area contributed by atoms with Crippen LogP contribution < -0.4 is 0 Å². The minimum Gasteiger partial charge on any atom is -0.130 e. The number of terminal acetylenes is 2. The third-order valence-electron chi connectivity index (χ3n) is 0.506. The second kappa shape index (κ2) is 6.11. The molecule has 0 rings (SSSR count). The first-order valence-electron chi connectivity index (χ1n) is 2.24. The predicted octanol–water partition coefficient (Wildman–Crippen LogP) is -1.58. The summed E-state index contributed by atoms with van der Waals surface area (Å²) < 4.78 is 0. The average molecular weight is 134 g/mol. The van der Waals surface area contributed by atoms with E-state index in [1.165, 1.54) is 0 Å². The molecular weight excluding hydrogens is 128 g/mol. The van der Waals surface area contributed by atoms with E-state index in [0.29, 0.717) is 0 Å². The molecule has 0 heterocycles. The molecule has 0 aliphatic rings. The van der Waals surface area contributed by atoms with Crippen molar-refractivity contribution >= 4 is 19.0 Å². The van der Waals surface area contributed by atoms with E-state index in [-0.39, 0.29) is 0 Å². The molecule has 0 aromatic carbocycles. The van der Waals surface area contributed by atoms with Gasteiger partial charge in [0.05, 0.1) is 0 Å². The van der Waals surface area contributed by atoms with E-state index in [1.807, 2.05) is 0 Å². The molecule has 0 aliphatic carbocycles. The molecule has 0 aromatic heterocycles. The highest BCUT2D eigenvalue weighted by Gasteiger charge is 1.65. The molecule has 0 saturated carbocycles. The van der Waals surface area contributed by atoms with Crippen molar-refractivity contribution in [3.8, 4) is 35.0 Å². The first kappa shape index (κ1) is 7.11. The largest absolute Gasteiger partial charge is 0.186 e. The summed E-state index contributed by atoms with van der Waals surface area (Å²) in [6.07, 6.45) is 9.97. The van der Waals surface area contributed by atoms with Crippen LogP contribution in [0.15, 0.2) is 0 Å². The van der Waals surface area contributed by atoms with Gasteiger partial charge in [-0.25, -0.2) is 0 Å². The van der Waals surface area contributed by atoms with E-state index in [0.717, 1.165) is 0 Å². The van der Waals surface area contributed by atoms with Crippen molar-refractivity contribution in [2.75, 3.05) is 0 Å². The standard InChI is InChI=1S/C6H6Si2/c1-3-7-5-6-8-4-2/h1-2H,7-8H2. The smallest absolute Gasteiger partial charge is 0.130 e. The van der Waals surface area contributed by atoms with E-state index >= 15 is 0 Å². The molecule has 0 aromatic rings. The molecule has 0 N–H and O–H groups in total. The lowest BCUT2D eigenvalue weighted by atomic mass is 11.3. The Hall–Kier alpha value is -0.886. The van der Waals surface area contributed by atoms with Crippen LogP contribution in [0.3, 0.4) is 0 Å². The Balaban J connectivity index is 3.28. The Kier molecular flexibility index (Phi) is 5.44. The summed E-state index contributed by atoms with van der Waals surface area (Å²) in [7, 11) is -0.986. The van der Waals surface area contributed by atoms with E-state index in [4.69, 9.17) is 12.8 Å². The summed E-state index contributed by atoms with van der Waals surface area (Å²) in [5, 5.41) is 0. The minimum absolute atomic E-state index is 0.493. The van der Waals surface area contributed by atoms with Gasteiger partial charge in [0.25, 0.3) is 0 Å². The third kappa shape index (κ3) is 5.11. The molecule has 0 aliphatic heterocycles. The number of rotatable bonds is 0. The van der Waals surface area contributed by atoms with E-state index < -0.39 is 19.0 Å². The Labute approximate surface area is 54.7 Å². The fourth-order valence-corrected chi connectivity index (χ4v) is 1.43. The van der Waals surface area contributed by atoms with Crippen LogP contribution in [0.4, 0.5) is 0 Å². The predicted molar refractivity (Wildman–Crippen MR) is 42.5 cm³/mol. The molecule has 2 heteroatoms. The van der Waals surface area contributed by atoms with Gasteiger partial charge in [0.15, 0.2) is 19.0 Å². The SMILES string of the molecule is C#C[SiH2]C#C[SiH2]C#C. The zero-order valence-corrected chi connectivity index (χ0v) is 7.40. The molecule has 0 nitrogen and oxygen atoms in total. The quantitative estimate of drug-likeness (QED) is 0.277. The lowest BCUT2D eigenvalue weighted by Crippen LogP contribution is -1.81. The lowest BCUT2D eigenvalue weighted by Gasteiger charge is -1.65. The fourth-order valence-electron chi connectivity index (χ4n) is 0.227. The van der Waals surface area contributed by atoms with Gasteiger partial charge in [0.2, 0.25) is 0 Å². The van der Waals surface area contributed by atoms with Gasteiger partial charge in [-0.05, 0) is 0 Å². The van der Waals surface area contributed by atoms with Gasteiger partial charge < -0.3 is 0 Å². The second-order valence-electron chi connectivity index (χ2n) is 1.12. The normalized spacial score (nSPS) is 8.25. The van der Waals surface area contributed by atoms with Crippen LogP contribution in [0.5, 0.6) is 0 Å². The van der Waals surface area contributed by atoms with Crippen molar-refractivity contribution in [2.45, 2.75) is 0 Å². The highest BCUT2D eigenvalue weighted by molar-refractivity contribution is 6.61. The lowest BCUT2D eigenvalue weighted by molar-refractivity contribution is 2.76. The van der Waals surface area contributed by atoms with Gasteiger partial charge >= 0.3 is 0 Å². The van der Waals surface area contributed by atoms with Crippen LogP contribution in [0, 0.1) is 35.0 Å². The monoisotopic (exact) mass is 134 g/mol. The Morgan fingerprint density at radius 1 is 0.875 bits per heavy atom. The maximum absolute atomic E-state index is 4.98. The molecule has 38 valence electrons. The van der Waals surface area contributed by atoms with Gasteiger partial charge in [-0.1, -0.05) is 0 Å². The van der Waals surface area contributed by atoms with Gasteiger partial charge in [0.1, 0.15) is 0 Å². The van der Waals surface area contributed by atoms with Crippen LogP contribution in [0.1, 0.15) is 0 Å². The van der Waals surface area contributed by atoms with Crippen molar-refractivity contribution in [2.24, 2.45) is 0 Å². The van der Waals surface area contributed by atoms with E-state index in [2.05, 4.69) is 22.2 Å². The van der Waals surface area contributed by atoms with E-state index in [9.17, 15) is 0 Å². The first-order chi connectivity index (χ1) is 3.91. The topological polar surface area (TPSA) is 0 Å². The van der Waals surface area contributed by atoms with Crippen LogP contribution in [0.25, 0.3) is 0 Å². The summed E-state index contributed by atoms with van der Waals surface area (Å²) in [6, 6.07) is 0. The van der Waals surface area contributed by atoms with Crippen LogP contribution in [-0.2, 0) is 0 Å². The maximum Gasteiger partial charge on any atom is 0.186 e. The molecule has 0 atom stereocenters. The maximum atomic E-state index is 4.98. The first-order valence-corrected chi connectivity index (χ1v) is 5.07. The number of hydrogen-bond donors (Lipinski definition) is 0. The molecule has 0 radical (unpaired) electrons. The van der Waals surface area contributed by atoms with Crippen LogP contribution in [0.2, 0.25) is 0 Å². The molecule has 0 saturated heterocycles. The molecule has 8 heavy (non-hydrogen) atoms. The molecule has 0 spiro atoms. The highest BCUT2D eigenvalue weighted by atomic mass is 28.2. The van der Waals surface area contributed by atoms with Crippen LogP contribution >= 0.6 is 0 Å². The summed E-state index contributed by atoms with van der Waals surface area (Å²) >= 11 is 0. The Morgan fingerprint density at radius 2 is 1.25 bits per heavy atom. The van der Waals surface area contributed by atoms with Crippen molar-refractivity contribution in [3.05, 3.63) is 0 Å². The second-order valence-corrected chi connectivity index (χ2v) is 3.35. The van der Waals surface area contributed by atoms with Gasteiger partial charge in [-0.2, -0.15) is 0 Å². The molecule has 0 fully saturated rings. The van der Waals surface area contributed by atoms with Crippen molar-refractivity contribution in [3.63, 3.8) is 0 Å². The van der Waals surface area contributed by atoms with Crippen LogP contribution in [-0.4, -0.2) is 19.0 Å². The van der Waals surface area contributed by atoms with Crippen molar-refractivity contribution < 1.29 is 0 Å². The fraction of sp³-hybridized carbons (Fsp3) is 0. The Bertz CT molecular complexity index is 161. The zero-order valence-electron chi connectivity index (χ0n) is 4.57. The van der Waals surface area contributed by atoms with Gasteiger partial charge in [0, 0.05) is 0 Å². The van der Waals surface area contributed by atoms with E-state index in [1.54, 1.807) is 0 Å². The summed E-state index contributed by atoms with van der Waals surface area (Å²) in [5.74, 6) is 0. The number of hydrogen-bond acceptors (Lipinski definition) is 0.